The Morgan fingerprint density at radius 1 is 0.308 bits per heavy atom. The van der Waals surface area contributed by atoms with E-state index in [1.165, 1.54) is 0 Å². The van der Waals surface area contributed by atoms with Crippen molar-refractivity contribution < 1.29 is 208 Å². The van der Waals surface area contributed by atoms with Gasteiger partial charge in [0.25, 0.3) is 0 Å². The van der Waals surface area contributed by atoms with Crippen molar-refractivity contribution in [3.63, 3.8) is 0 Å². The van der Waals surface area contributed by atoms with Gasteiger partial charge in [0.1, 0.15) is 0 Å². The van der Waals surface area contributed by atoms with Gasteiger partial charge in [-0.2, -0.15) is 114 Å². The van der Waals surface area contributed by atoms with Crippen LogP contribution in [0.3, 0.4) is 0 Å². The summed E-state index contributed by atoms with van der Waals surface area (Å²) >= 11 is 0. The first-order valence-electron chi connectivity index (χ1n) is 22.3. The van der Waals surface area contributed by atoms with E-state index in [1.54, 1.807) is 21.6 Å². The van der Waals surface area contributed by atoms with Crippen LogP contribution >= 0.6 is 21.6 Å². The Labute approximate surface area is 483 Å². The molecular weight excluding hydrogens is 1250 g/mol. The van der Waals surface area contributed by atoms with Crippen LogP contribution in [-0.4, -0.2) is 121 Å². The quantitative estimate of drug-likeness (QED) is 0.0146. The predicted molar refractivity (Wildman–Crippen MR) is 217 cm³/mol. The standard InChI is InChI=1S/C38H52F26O8S4.2Na/c39-27(40,29(43,44)31(47,48)33(51,52)35(55,56)37(59,60)61)21-19-25(71-75(65,66)67)17-13-9-5-1-3-7-11-15-23-73-74-24-16-12-8-4-2-6-10-14-18-26(72-76(68,69)70)20-22-28(41,42)30(45,46)32(49,50)34(53,54)36(57,58)38(62,63)64;;/h25-26H,1-24H2,(H,65,66,67)(H,68,69,70);;/q;2*+1/p-2. The topological polar surface area (TPSA) is 133 Å². The zero-order chi connectivity index (χ0) is 60.0. The summed E-state index contributed by atoms with van der Waals surface area (Å²) in [5, 5.41) is 0. The minimum atomic E-state index is -8.11. The van der Waals surface area contributed by atoms with E-state index in [9.17, 15) is 140 Å². The van der Waals surface area contributed by atoms with Gasteiger partial charge in [0.15, 0.2) is 0 Å². The molecule has 0 aromatic heterocycles. The van der Waals surface area contributed by atoms with Gasteiger partial charge in [0, 0.05) is 24.3 Å². The Balaban J connectivity index is -0.0000281. The first kappa shape index (κ1) is 82.8. The van der Waals surface area contributed by atoms with Crippen molar-refractivity contribution in [3.05, 3.63) is 0 Å². The third-order valence-corrected chi connectivity index (χ3v) is 14.7. The maximum atomic E-state index is 14.2. The van der Waals surface area contributed by atoms with E-state index in [0.29, 0.717) is 38.5 Å². The molecule has 78 heavy (non-hydrogen) atoms. The van der Waals surface area contributed by atoms with Crippen molar-refractivity contribution in [1.29, 1.82) is 0 Å². The molecule has 2 unspecified atom stereocenters. The van der Waals surface area contributed by atoms with Crippen molar-refractivity contribution in [1.82, 2.24) is 0 Å². The van der Waals surface area contributed by atoms with Gasteiger partial charge in [0.05, 0.1) is 12.2 Å². The average molecular weight is 1300 g/mol. The molecule has 0 saturated heterocycles. The number of hydrogen-bond donors (Lipinski definition) is 0. The number of halogens is 26. The van der Waals surface area contributed by atoms with Crippen molar-refractivity contribution in [2.24, 2.45) is 0 Å². The molecule has 0 rings (SSSR count). The van der Waals surface area contributed by atoms with Crippen LogP contribution < -0.4 is 59.1 Å². The van der Waals surface area contributed by atoms with E-state index < -0.39 is 143 Å². The smallest absolute Gasteiger partial charge is 0.726 e. The van der Waals surface area contributed by atoms with Gasteiger partial charge in [0.2, 0.25) is 20.8 Å². The molecule has 0 aliphatic rings. The molecule has 2 atom stereocenters. The average Bonchev–Trinajstić information content (AvgIpc) is 3.23. The number of hydrogen-bond acceptors (Lipinski definition) is 10. The van der Waals surface area contributed by atoms with Crippen molar-refractivity contribution >= 4 is 42.4 Å². The van der Waals surface area contributed by atoms with E-state index in [-0.39, 0.29) is 84.8 Å². The van der Waals surface area contributed by atoms with Gasteiger partial charge >= 0.3 is 131 Å². The molecule has 0 aliphatic carbocycles. The molecule has 458 valence electrons. The van der Waals surface area contributed by atoms with E-state index in [4.69, 9.17) is 0 Å². The number of unbranched alkanes of at least 4 members (excludes halogenated alkanes) is 14. The summed E-state index contributed by atoms with van der Waals surface area (Å²) in [5.74, 6) is -74.7. The fourth-order valence-electron chi connectivity index (χ4n) is 6.72. The van der Waals surface area contributed by atoms with Crippen LogP contribution in [0.25, 0.3) is 0 Å². The Kier molecular flexibility index (Phi) is 34.4. The van der Waals surface area contributed by atoms with Gasteiger partial charge in [-0.05, 0) is 38.5 Å². The van der Waals surface area contributed by atoms with Crippen LogP contribution in [0.1, 0.15) is 141 Å². The van der Waals surface area contributed by atoms with Crippen molar-refractivity contribution in [2.75, 3.05) is 11.5 Å². The molecule has 0 N–H and O–H groups in total. The molecular formula is C38H50F26Na2O8S4. The van der Waals surface area contributed by atoms with Crippen LogP contribution in [0.5, 0.6) is 0 Å². The minimum Gasteiger partial charge on any atom is -0.726 e. The molecule has 0 bridgehead atoms. The third kappa shape index (κ3) is 23.1. The third-order valence-electron chi connectivity index (χ3n) is 11.2. The minimum absolute atomic E-state index is 0. The Bertz CT molecular complexity index is 1820. The largest absolute Gasteiger partial charge is 1.00 e. The van der Waals surface area contributed by atoms with Crippen LogP contribution in [-0.2, 0) is 29.2 Å². The molecule has 0 radical (unpaired) electrons. The molecule has 40 heteroatoms. The first-order valence-corrected chi connectivity index (χ1v) is 27.5. The predicted octanol–water partition coefficient (Wildman–Crippen LogP) is 10.1. The molecule has 0 saturated carbocycles. The van der Waals surface area contributed by atoms with E-state index in [2.05, 4.69) is 8.37 Å². The normalized spacial score (nSPS) is 15.5. The maximum Gasteiger partial charge on any atom is 1.00 e. The van der Waals surface area contributed by atoms with Crippen LogP contribution in [0, 0.1) is 0 Å². The van der Waals surface area contributed by atoms with Crippen molar-refractivity contribution in [3.8, 4) is 0 Å². The maximum absolute atomic E-state index is 14.2. The van der Waals surface area contributed by atoms with E-state index in [1.807, 2.05) is 0 Å². The van der Waals surface area contributed by atoms with Gasteiger partial charge in [-0.15, -0.1) is 0 Å². The second-order valence-electron chi connectivity index (χ2n) is 17.2. The summed E-state index contributed by atoms with van der Waals surface area (Å²) in [7, 11) is -8.42. The Morgan fingerprint density at radius 2 is 0.513 bits per heavy atom. The second-order valence-corrected chi connectivity index (χ2v) is 21.9. The Morgan fingerprint density at radius 3 is 0.731 bits per heavy atom. The first-order chi connectivity index (χ1) is 33.9. The molecule has 0 aliphatic heterocycles. The van der Waals surface area contributed by atoms with Crippen LogP contribution in [0.2, 0.25) is 0 Å². The summed E-state index contributed by atoms with van der Waals surface area (Å²) < 4.78 is 421. The SMILES string of the molecule is O=S(=O)([O-])OC(CCCCCCCCCCSSCCCCCCCCCCC(CCC(F)(F)C(F)(F)C(F)(F)C(F)(F)C(F)(F)C(F)(F)F)OS(=O)(=O)[O-])CCC(F)(F)C(F)(F)C(F)(F)C(F)(F)C(F)(F)C(F)(F)F.[Na+].[Na+]. The van der Waals surface area contributed by atoms with E-state index in [0.717, 1.165) is 50.0 Å². The monoisotopic (exact) mass is 1300 g/mol. The molecule has 0 amide bonds. The molecule has 0 heterocycles. The zero-order valence-electron chi connectivity index (χ0n) is 40.9. The van der Waals surface area contributed by atoms with Gasteiger partial charge in [-0.3, -0.25) is 8.37 Å². The summed E-state index contributed by atoms with van der Waals surface area (Å²) in [4.78, 5) is 0. The fraction of sp³-hybridized carbons (Fsp3) is 1.00. The number of alkyl halides is 26. The Hall–Kier alpha value is 0.620. The van der Waals surface area contributed by atoms with Gasteiger partial charge in [-0.1, -0.05) is 111 Å². The molecule has 0 spiro atoms. The summed E-state index contributed by atoms with van der Waals surface area (Å²) in [5.41, 5.74) is 0. The summed E-state index contributed by atoms with van der Waals surface area (Å²) in [6.45, 7) is 0. The van der Waals surface area contributed by atoms with E-state index >= 15 is 0 Å². The zero-order valence-corrected chi connectivity index (χ0v) is 48.1. The summed E-state index contributed by atoms with van der Waals surface area (Å²) in [6, 6.07) is 0. The molecule has 0 fully saturated rings. The second kappa shape index (κ2) is 32.4. The fourth-order valence-corrected chi connectivity index (χ4v) is 10.1. The molecule has 0 aromatic carbocycles. The van der Waals surface area contributed by atoms with Crippen molar-refractivity contribution in [2.45, 2.75) is 225 Å². The summed E-state index contributed by atoms with van der Waals surface area (Å²) in [6.07, 6.45) is -22.2. The van der Waals surface area contributed by atoms with Gasteiger partial charge in [-0.25, -0.2) is 16.8 Å². The van der Waals surface area contributed by atoms with Crippen LogP contribution in [0.4, 0.5) is 114 Å². The van der Waals surface area contributed by atoms with Gasteiger partial charge < -0.3 is 9.11 Å². The molecule has 0 aromatic rings. The number of rotatable bonds is 41. The van der Waals surface area contributed by atoms with Crippen LogP contribution in [0.15, 0.2) is 0 Å². The molecule has 8 nitrogen and oxygen atoms in total.